The van der Waals surface area contributed by atoms with Crippen molar-refractivity contribution in [1.82, 2.24) is 5.32 Å². The zero-order valence-electron chi connectivity index (χ0n) is 9.14. The van der Waals surface area contributed by atoms with Gasteiger partial charge in [0.2, 0.25) is 0 Å². The molecule has 76 valence electrons. The molecule has 0 amide bonds. The molecule has 1 rings (SSSR count). The largest absolute Gasteiger partial charge is 0.385 e. The third-order valence-corrected chi connectivity index (χ3v) is 2.27. The topological polar surface area (TPSA) is 12.0 Å². The van der Waals surface area contributed by atoms with Crippen LogP contribution in [0.2, 0.25) is 0 Å². The van der Waals surface area contributed by atoms with Crippen LogP contribution in [0, 0.1) is 0 Å². The third kappa shape index (κ3) is 2.91. The second-order valence-electron chi connectivity index (χ2n) is 3.46. The summed E-state index contributed by atoms with van der Waals surface area (Å²) < 4.78 is 0. The molecule has 0 fully saturated rings. The molecule has 0 aliphatic rings. The van der Waals surface area contributed by atoms with E-state index in [1.54, 1.807) is 0 Å². The first-order chi connectivity index (χ1) is 6.77. The molecule has 0 aliphatic carbocycles. The molecule has 14 heavy (non-hydrogen) atoms. The number of hydrogen-bond acceptors (Lipinski definition) is 1. The molecule has 0 radical (unpaired) electrons. The summed E-state index contributed by atoms with van der Waals surface area (Å²) in [4.78, 5) is 0. The van der Waals surface area contributed by atoms with Gasteiger partial charge in [-0.25, -0.2) is 0 Å². The first-order valence-corrected chi connectivity index (χ1v) is 5.30. The highest BCUT2D eigenvalue weighted by Crippen LogP contribution is 2.12. The van der Waals surface area contributed by atoms with Gasteiger partial charge < -0.3 is 5.32 Å². The molecule has 1 N–H and O–H groups in total. The van der Waals surface area contributed by atoms with Gasteiger partial charge in [-0.1, -0.05) is 38.6 Å². The minimum absolute atomic E-state index is 0.995. The van der Waals surface area contributed by atoms with Crippen LogP contribution in [0.4, 0.5) is 0 Å². The molecule has 1 aromatic rings. The van der Waals surface area contributed by atoms with Crippen LogP contribution in [0.1, 0.15) is 31.4 Å². The lowest BCUT2D eigenvalue weighted by atomic mass is 10.1. The normalized spacial score (nSPS) is 9.86. The smallest absolute Gasteiger partial charge is 0.0340 e. The molecular weight excluding hydrogens is 170 g/mol. The number of nitrogens with one attached hydrogen (secondary N) is 1. The first kappa shape index (κ1) is 10.8. The Morgan fingerprint density at radius 1 is 1.36 bits per heavy atom. The van der Waals surface area contributed by atoms with Crippen molar-refractivity contribution in [3.8, 4) is 0 Å². The molecule has 0 heterocycles. The van der Waals surface area contributed by atoms with Crippen LogP contribution in [-0.4, -0.2) is 6.54 Å². The summed E-state index contributed by atoms with van der Waals surface area (Å²) in [6.45, 7) is 9.35. The van der Waals surface area contributed by atoms with Gasteiger partial charge in [0.1, 0.15) is 0 Å². The van der Waals surface area contributed by atoms with Crippen LogP contribution >= 0.6 is 0 Å². The molecule has 1 heteroatoms. The molecule has 1 nitrogen and oxygen atoms in total. The predicted molar refractivity (Wildman–Crippen MR) is 63.1 cm³/mol. The standard InChI is InChI=1S/C13H19N/c1-4-9-14-11(3)13-8-6-7-12(5-2)10-13/h6-8,10,14H,3-5,9H2,1-2H3. The van der Waals surface area contributed by atoms with Crippen molar-refractivity contribution in [2.45, 2.75) is 26.7 Å². The summed E-state index contributed by atoms with van der Waals surface area (Å²) in [5, 5.41) is 3.31. The SMILES string of the molecule is C=C(NCCC)c1cccc(CC)c1. The van der Waals surface area contributed by atoms with Crippen LogP contribution < -0.4 is 5.32 Å². The van der Waals surface area contributed by atoms with Crippen molar-refractivity contribution in [3.63, 3.8) is 0 Å². The monoisotopic (exact) mass is 189 g/mol. The molecule has 0 saturated heterocycles. The van der Waals surface area contributed by atoms with Gasteiger partial charge in [0.25, 0.3) is 0 Å². The van der Waals surface area contributed by atoms with Crippen LogP contribution in [-0.2, 0) is 6.42 Å². The van der Waals surface area contributed by atoms with Gasteiger partial charge in [-0.3, -0.25) is 0 Å². The van der Waals surface area contributed by atoms with Gasteiger partial charge in [-0.05, 0) is 30.0 Å². The van der Waals surface area contributed by atoms with E-state index in [0.29, 0.717) is 0 Å². The predicted octanol–water partition coefficient (Wildman–Crippen LogP) is 3.22. The van der Waals surface area contributed by atoms with E-state index in [0.717, 1.165) is 25.1 Å². The van der Waals surface area contributed by atoms with E-state index < -0.39 is 0 Å². The molecule has 0 atom stereocenters. The molecule has 0 spiro atoms. The molecule has 0 bridgehead atoms. The van der Waals surface area contributed by atoms with Crippen molar-refractivity contribution < 1.29 is 0 Å². The third-order valence-electron chi connectivity index (χ3n) is 2.27. The van der Waals surface area contributed by atoms with Gasteiger partial charge in [0.15, 0.2) is 0 Å². The van der Waals surface area contributed by atoms with Crippen LogP contribution in [0.25, 0.3) is 5.70 Å². The van der Waals surface area contributed by atoms with E-state index in [1.807, 2.05) is 0 Å². The quantitative estimate of drug-likeness (QED) is 0.750. The second-order valence-corrected chi connectivity index (χ2v) is 3.46. The fourth-order valence-corrected chi connectivity index (χ4v) is 1.36. The maximum Gasteiger partial charge on any atom is 0.0340 e. The molecule has 0 unspecified atom stereocenters. The lowest BCUT2D eigenvalue weighted by Gasteiger charge is -2.09. The van der Waals surface area contributed by atoms with Gasteiger partial charge in [0.05, 0.1) is 0 Å². The Balaban J connectivity index is 2.69. The van der Waals surface area contributed by atoms with Crippen LogP contribution in [0.5, 0.6) is 0 Å². The Kier molecular flexibility index (Phi) is 4.24. The van der Waals surface area contributed by atoms with Crippen molar-refractivity contribution in [2.75, 3.05) is 6.54 Å². The van der Waals surface area contributed by atoms with Crippen LogP contribution in [0.15, 0.2) is 30.8 Å². The van der Waals surface area contributed by atoms with Crippen molar-refractivity contribution >= 4 is 5.70 Å². The zero-order valence-corrected chi connectivity index (χ0v) is 9.14. The van der Waals surface area contributed by atoms with E-state index >= 15 is 0 Å². The lowest BCUT2D eigenvalue weighted by molar-refractivity contribution is 0.824. The summed E-state index contributed by atoms with van der Waals surface area (Å²) in [6, 6.07) is 8.54. The van der Waals surface area contributed by atoms with E-state index in [1.165, 1.54) is 11.1 Å². The summed E-state index contributed by atoms with van der Waals surface area (Å²) in [6.07, 6.45) is 2.21. The highest BCUT2D eigenvalue weighted by Gasteiger charge is 1.97. The minimum Gasteiger partial charge on any atom is -0.385 e. The number of aryl methyl sites for hydroxylation is 1. The first-order valence-electron chi connectivity index (χ1n) is 5.30. The summed E-state index contributed by atoms with van der Waals surface area (Å²) in [7, 11) is 0. The highest BCUT2D eigenvalue weighted by molar-refractivity contribution is 5.62. The Hall–Kier alpha value is -1.24. The van der Waals surface area contributed by atoms with E-state index in [9.17, 15) is 0 Å². The fraction of sp³-hybridized carbons (Fsp3) is 0.385. The lowest BCUT2D eigenvalue weighted by Crippen LogP contribution is -2.11. The molecule has 0 saturated carbocycles. The van der Waals surface area contributed by atoms with E-state index in [-0.39, 0.29) is 0 Å². The molecule has 0 aromatic heterocycles. The van der Waals surface area contributed by atoms with E-state index in [4.69, 9.17) is 0 Å². The Bertz CT molecular complexity index is 302. The van der Waals surface area contributed by atoms with Gasteiger partial charge in [-0.15, -0.1) is 0 Å². The van der Waals surface area contributed by atoms with Gasteiger partial charge in [-0.2, -0.15) is 0 Å². The van der Waals surface area contributed by atoms with Gasteiger partial charge in [0, 0.05) is 12.2 Å². The molecule has 0 aliphatic heterocycles. The minimum atomic E-state index is 0.995. The summed E-state index contributed by atoms with van der Waals surface area (Å²) in [5.41, 5.74) is 3.60. The van der Waals surface area contributed by atoms with Crippen molar-refractivity contribution in [1.29, 1.82) is 0 Å². The summed E-state index contributed by atoms with van der Waals surface area (Å²) in [5.74, 6) is 0. The molecular formula is C13H19N. The van der Waals surface area contributed by atoms with Crippen molar-refractivity contribution in [3.05, 3.63) is 42.0 Å². The number of hydrogen-bond donors (Lipinski definition) is 1. The Morgan fingerprint density at radius 2 is 2.14 bits per heavy atom. The van der Waals surface area contributed by atoms with Gasteiger partial charge >= 0.3 is 0 Å². The number of benzene rings is 1. The van der Waals surface area contributed by atoms with Crippen molar-refractivity contribution in [2.24, 2.45) is 0 Å². The number of rotatable bonds is 5. The zero-order chi connectivity index (χ0) is 10.4. The van der Waals surface area contributed by atoms with E-state index in [2.05, 4.69) is 50.0 Å². The Labute approximate surface area is 86.8 Å². The average Bonchev–Trinajstić information content (AvgIpc) is 2.26. The Morgan fingerprint density at radius 3 is 2.79 bits per heavy atom. The maximum absolute atomic E-state index is 4.03. The molecule has 1 aromatic carbocycles. The highest BCUT2D eigenvalue weighted by atomic mass is 14.9. The maximum atomic E-state index is 4.03. The average molecular weight is 189 g/mol. The summed E-state index contributed by atoms with van der Waals surface area (Å²) >= 11 is 0. The van der Waals surface area contributed by atoms with Crippen LogP contribution in [0.3, 0.4) is 0 Å². The fourth-order valence-electron chi connectivity index (χ4n) is 1.36. The second kappa shape index (κ2) is 5.48.